The lowest BCUT2D eigenvalue weighted by molar-refractivity contribution is -0.275. The van der Waals surface area contributed by atoms with Crippen LogP contribution in [0.25, 0.3) is 0 Å². The zero-order valence-electron chi connectivity index (χ0n) is 10.2. The molecule has 0 fully saturated rings. The first-order valence-corrected chi connectivity index (χ1v) is 6.76. The third-order valence-corrected chi connectivity index (χ3v) is 3.65. The molecule has 1 aromatic rings. The minimum Gasteiger partial charge on any atom is -0.480 e. The smallest absolute Gasteiger partial charge is 0.480 e. The van der Waals surface area contributed by atoms with Crippen LogP contribution in [0.5, 0.6) is 5.75 Å². The Kier molecular flexibility index (Phi) is 5.15. The number of sulfonamides is 1. The predicted octanol–water partition coefficient (Wildman–Crippen LogP) is 0.309. The van der Waals surface area contributed by atoms with Gasteiger partial charge in [-0.1, -0.05) is 12.1 Å². The largest absolute Gasteiger partial charge is 0.573 e. The summed E-state index contributed by atoms with van der Waals surface area (Å²) in [6.07, 6.45) is -5.12. The normalized spacial score (nSPS) is 13.7. The van der Waals surface area contributed by atoms with Crippen LogP contribution in [-0.4, -0.2) is 43.6 Å². The number of ether oxygens (including phenoxy) is 1. The van der Waals surface area contributed by atoms with Crippen molar-refractivity contribution >= 4 is 16.0 Å². The van der Waals surface area contributed by atoms with Gasteiger partial charge in [-0.15, -0.1) is 13.2 Å². The van der Waals surface area contributed by atoms with E-state index in [9.17, 15) is 26.4 Å². The summed E-state index contributed by atoms with van der Waals surface area (Å²) in [6, 6.07) is 1.91. The molecule has 0 aliphatic rings. The molecule has 0 radical (unpaired) electrons. The summed E-state index contributed by atoms with van der Waals surface area (Å²) in [5, 5.41) is 17.4. The van der Waals surface area contributed by atoms with E-state index in [4.69, 9.17) is 10.2 Å². The first-order valence-electron chi connectivity index (χ1n) is 5.27. The van der Waals surface area contributed by atoms with Gasteiger partial charge in [-0.3, -0.25) is 4.79 Å². The molecule has 3 N–H and O–H groups in total. The maximum Gasteiger partial charge on any atom is 0.573 e. The number of aliphatic hydroxyl groups excluding tert-OH is 1. The number of carbonyl (C=O) groups is 1. The molecule has 118 valence electrons. The summed E-state index contributed by atoms with van der Waals surface area (Å²) in [5.74, 6) is -2.70. The standard InChI is InChI=1S/C10H10F3NO6S/c11-10(12,13)20-7-3-1-2-4-8(7)21(18,19)14-6(5-15)9(16)17/h1-4,6,14-15H,5H2,(H,16,17)/t6-/m1/s1. The summed E-state index contributed by atoms with van der Waals surface area (Å²) in [6.45, 7) is -1.07. The first-order chi connectivity index (χ1) is 9.57. The fourth-order valence-corrected chi connectivity index (χ4v) is 2.61. The number of para-hydroxylation sites is 1. The minimum atomic E-state index is -5.12. The van der Waals surface area contributed by atoms with Gasteiger partial charge in [0.2, 0.25) is 10.0 Å². The van der Waals surface area contributed by atoms with Gasteiger partial charge in [-0.25, -0.2) is 8.42 Å². The number of aliphatic carboxylic acids is 1. The average molecular weight is 329 g/mol. The highest BCUT2D eigenvalue weighted by Crippen LogP contribution is 2.29. The highest BCUT2D eigenvalue weighted by molar-refractivity contribution is 7.89. The van der Waals surface area contributed by atoms with Gasteiger partial charge < -0.3 is 14.9 Å². The van der Waals surface area contributed by atoms with E-state index in [-0.39, 0.29) is 0 Å². The molecule has 0 bridgehead atoms. The SMILES string of the molecule is O=C(O)[C@@H](CO)NS(=O)(=O)c1ccccc1OC(F)(F)F. The van der Waals surface area contributed by atoms with Gasteiger partial charge >= 0.3 is 12.3 Å². The number of halogens is 3. The number of benzene rings is 1. The van der Waals surface area contributed by atoms with Gasteiger partial charge in [-0.2, -0.15) is 4.72 Å². The number of carboxylic acids is 1. The van der Waals surface area contributed by atoms with Crippen LogP contribution in [0.3, 0.4) is 0 Å². The molecule has 0 spiro atoms. The van der Waals surface area contributed by atoms with Crippen molar-refractivity contribution in [2.75, 3.05) is 6.61 Å². The number of nitrogens with one attached hydrogen (secondary N) is 1. The predicted molar refractivity (Wildman–Crippen MR) is 62.0 cm³/mol. The van der Waals surface area contributed by atoms with Gasteiger partial charge in [0, 0.05) is 0 Å². The molecule has 7 nitrogen and oxygen atoms in total. The first kappa shape index (κ1) is 17.2. The van der Waals surface area contributed by atoms with E-state index < -0.39 is 45.6 Å². The minimum absolute atomic E-state index is 0.761. The van der Waals surface area contributed by atoms with E-state index >= 15 is 0 Å². The topological polar surface area (TPSA) is 113 Å². The zero-order chi connectivity index (χ0) is 16.3. The quantitative estimate of drug-likeness (QED) is 0.692. The maximum atomic E-state index is 12.2. The van der Waals surface area contributed by atoms with Crippen LogP contribution in [0, 0.1) is 0 Å². The fourth-order valence-electron chi connectivity index (χ4n) is 1.30. The highest BCUT2D eigenvalue weighted by atomic mass is 32.2. The number of aliphatic hydroxyl groups is 1. The molecular weight excluding hydrogens is 319 g/mol. The van der Waals surface area contributed by atoms with E-state index in [1.807, 2.05) is 0 Å². The average Bonchev–Trinajstić information content (AvgIpc) is 2.34. The number of alkyl halides is 3. The molecule has 0 aliphatic carbocycles. The van der Waals surface area contributed by atoms with Gasteiger partial charge in [0.15, 0.2) is 0 Å². The molecule has 11 heteroatoms. The second kappa shape index (κ2) is 6.28. The second-order valence-electron chi connectivity index (χ2n) is 3.69. The number of hydrogen-bond donors (Lipinski definition) is 3. The third-order valence-electron chi connectivity index (χ3n) is 2.14. The summed E-state index contributed by atoms with van der Waals surface area (Å²) >= 11 is 0. The Morgan fingerprint density at radius 1 is 1.33 bits per heavy atom. The summed E-state index contributed by atoms with van der Waals surface area (Å²) in [5.41, 5.74) is 0. The van der Waals surface area contributed by atoms with Crippen LogP contribution in [-0.2, 0) is 14.8 Å². The Labute approximate surface area is 117 Å². The maximum absolute atomic E-state index is 12.2. The molecule has 1 rings (SSSR count). The van der Waals surface area contributed by atoms with Crippen LogP contribution in [0.1, 0.15) is 0 Å². The molecule has 0 amide bonds. The molecule has 0 saturated heterocycles. The van der Waals surface area contributed by atoms with Gasteiger partial charge in [0.25, 0.3) is 0 Å². The molecule has 21 heavy (non-hydrogen) atoms. The molecule has 0 aliphatic heterocycles. The lowest BCUT2D eigenvalue weighted by atomic mass is 10.3. The van der Waals surface area contributed by atoms with Gasteiger partial charge in [-0.05, 0) is 12.1 Å². The molecule has 1 aromatic carbocycles. The third kappa shape index (κ3) is 4.88. The van der Waals surface area contributed by atoms with Gasteiger partial charge in [0.05, 0.1) is 6.61 Å². The van der Waals surface area contributed by atoms with Crippen molar-refractivity contribution in [1.29, 1.82) is 0 Å². The van der Waals surface area contributed by atoms with E-state index in [0.29, 0.717) is 0 Å². The summed E-state index contributed by atoms with van der Waals surface area (Å²) in [4.78, 5) is 9.75. The molecule has 0 unspecified atom stereocenters. The van der Waals surface area contributed by atoms with Crippen LogP contribution < -0.4 is 9.46 Å². The molecule has 0 heterocycles. The monoisotopic (exact) mass is 329 g/mol. The zero-order valence-corrected chi connectivity index (χ0v) is 11.0. The Bertz CT molecular complexity index is 615. The van der Waals surface area contributed by atoms with Crippen LogP contribution >= 0.6 is 0 Å². The van der Waals surface area contributed by atoms with E-state index in [0.717, 1.165) is 24.3 Å². The van der Waals surface area contributed by atoms with Crippen molar-refractivity contribution < 1.29 is 41.3 Å². The Morgan fingerprint density at radius 2 is 1.90 bits per heavy atom. The molecule has 0 aromatic heterocycles. The van der Waals surface area contributed by atoms with E-state index in [2.05, 4.69) is 4.74 Å². The highest BCUT2D eigenvalue weighted by Gasteiger charge is 2.35. The Hall–Kier alpha value is -1.85. The molecule has 0 saturated carbocycles. The van der Waals surface area contributed by atoms with Crippen LogP contribution in [0.4, 0.5) is 13.2 Å². The van der Waals surface area contributed by atoms with Crippen molar-refractivity contribution in [1.82, 2.24) is 4.72 Å². The molecular formula is C10H10F3NO6S. The van der Waals surface area contributed by atoms with Crippen molar-refractivity contribution in [2.24, 2.45) is 0 Å². The lowest BCUT2D eigenvalue weighted by Gasteiger charge is -2.16. The second-order valence-corrected chi connectivity index (χ2v) is 5.37. The van der Waals surface area contributed by atoms with E-state index in [1.54, 1.807) is 4.72 Å². The number of rotatable bonds is 6. The van der Waals surface area contributed by atoms with Crippen LogP contribution in [0.15, 0.2) is 29.2 Å². The molecule has 1 atom stereocenters. The number of hydrogen-bond acceptors (Lipinski definition) is 5. The summed E-state index contributed by atoms with van der Waals surface area (Å²) < 4.78 is 65.5. The fraction of sp³-hybridized carbons (Fsp3) is 0.300. The van der Waals surface area contributed by atoms with E-state index in [1.165, 1.54) is 0 Å². The van der Waals surface area contributed by atoms with Crippen molar-refractivity contribution in [2.45, 2.75) is 17.3 Å². The van der Waals surface area contributed by atoms with Gasteiger partial charge in [0.1, 0.15) is 16.7 Å². The van der Waals surface area contributed by atoms with Crippen molar-refractivity contribution in [3.63, 3.8) is 0 Å². The van der Waals surface area contributed by atoms with Crippen molar-refractivity contribution in [3.05, 3.63) is 24.3 Å². The van der Waals surface area contributed by atoms with Crippen LogP contribution in [0.2, 0.25) is 0 Å². The van der Waals surface area contributed by atoms with Crippen molar-refractivity contribution in [3.8, 4) is 5.75 Å². The Morgan fingerprint density at radius 3 is 2.38 bits per heavy atom. The lowest BCUT2D eigenvalue weighted by Crippen LogP contribution is -2.43. The summed E-state index contributed by atoms with van der Waals surface area (Å²) in [7, 11) is -4.64. The Balaban J connectivity index is 3.17. The number of carboxylic acid groups (broad SMARTS) is 1.